The monoisotopic (exact) mass is 184 g/mol. The number of carbonyl (C=O) groups is 2. The maximum atomic E-state index is 10.9. The Labute approximate surface area is 76.0 Å². The molecule has 4 N–H and O–H groups in total. The van der Waals surface area contributed by atoms with E-state index in [-0.39, 0.29) is 11.1 Å². The van der Waals surface area contributed by atoms with Gasteiger partial charge in [-0.05, 0) is 13.8 Å². The van der Waals surface area contributed by atoms with Gasteiger partial charge in [-0.1, -0.05) is 0 Å². The molecule has 0 saturated carbocycles. The number of hydrogen-bond donors (Lipinski definition) is 2. The predicted octanol–water partition coefficient (Wildman–Crippen LogP) is -0.219. The van der Waals surface area contributed by atoms with E-state index in [1.165, 1.54) is 13.8 Å². The van der Waals surface area contributed by atoms with E-state index in [0.717, 1.165) is 12.4 Å². The highest BCUT2D eigenvalue weighted by Crippen LogP contribution is 1.99. The van der Waals surface area contributed by atoms with Crippen LogP contribution in [0.1, 0.15) is 13.8 Å². The molecule has 0 aliphatic carbocycles. The van der Waals surface area contributed by atoms with Gasteiger partial charge in [-0.3, -0.25) is 0 Å². The first-order valence-electron chi connectivity index (χ1n) is 3.56. The standard InChI is InChI=1S/C8H12N2O3/c1-5(3-9)7(11)13-8(12)6(2)4-10/h3-4H,9-10H2,1-2H3. The van der Waals surface area contributed by atoms with Crippen molar-refractivity contribution in [2.45, 2.75) is 13.8 Å². The van der Waals surface area contributed by atoms with E-state index >= 15 is 0 Å². The second-order valence-electron chi connectivity index (χ2n) is 2.38. The van der Waals surface area contributed by atoms with Crippen molar-refractivity contribution < 1.29 is 14.3 Å². The van der Waals surface area contributed by atoms with Gasteiger partial charge in [0.1, 0.15) is 0 Å². The van der Waals surface area contributed by atoms with Crippen LogP contribution >= 0.6 is 0 Å². The first kappa shape index (κ1) is 11.2. The molecule has 0 amide bonds. The molecule has 0 unspecified atom stereocenters. The zero-order valence-electron chi connectivity index (χ0n) is 7.53. The number of carbonyl (C=O) groups excluding carboxylic acids is 2. The van der Waals surface area contributed by atoms with Crippen LogP contribution < -0.4 is 11.5 Å². The van der Waals surface area contributed by atoms with Gasteiger partial charge in [0.05, 0.1) is 11.1 Å². The van der Waals surface area contributed by atoms with E-state index in [1.807, 2.05) is 0 Å². The van der Waals surface area contributed by atoms with Gasteiger partial charge in [-0.25, -0.2) is 9.59 Å². The third-order valence-electron chi connectivity index (χ3n) is 1.33. The highest BCUT2D eigenvalue weighted by atomic mass is 16.6. The van der Waals surface area contributed by atoms with Gasteiger partial charge in [0, 0.05) is 12.4 Å². The third kappa shape index (κ3) is 3.42. The van der Waals surface area contributed by atoms with Crippen molar-refractivity contribution in [2.75, 3.05) is 0 Å². The third-order valence-corrected chi connectivity index (χ3v) is 1.33. The predicted molar refractivity (Wildman–Crippen MR) is 47.0 cm³/mol. The zero-order chi connectivity index (χ0) is 10.4. The lowest BCUT2D eigenvalue weighted by Gasteiger charge is -2.01. The van der Waals surface area contributed by atoms with E-state index in [2.05, 4.69) is 4.74 Å². The Hall–Kier alpha value is -1.78. The molecule has 0 heterocycles. The number of nitrogens with two attached hydrogens (primary N) is 2. The summed E-state index contributed by atoms with van der Waals surface area (Å²) in [5.41, 5.74) is 10.4. The smallest absolute Gasteiger partial charge is 0.343 e. The van der Waals surface area contributed by atoms with Crippen LogP contribution in [0.5, 0.6) is 0 Å². The highest BCUT2D eigenvalue weighted by Gasteiger charge is 2.12. The van der Waals surface area contributed by atoms with Crippen molar-refractivity contribution in [1.82, 2.24) is 0 Å². The van der Waals surface area contributed by atoms with Crippen molar-refractivity contribution in [3.63, 3.8) is 0 Å². The van der Waals surface area contributed by atoms with E-state index in [1.54, 1.807) is 0 Å². The summed E-state index contributed by atoms with van der Waals surface area (Å²) < 4.78 is 4.38. The minimum Gasteiger partial charge on any atom is -0.404 e. The molecule has 0 saturated heterocycles. The molecule has 0 aromatic carbocycles. The molecule has 5 heteroatoms. The highest BCUT2D eigenvalue weighted by molar-refractivity contribution is 6.01. The van der Waals surface area contributed by atoms with E-state index < -0.39 is 11.9 Å². The number of esters is 2. The van der Waals surface area contributed by atoms with Crippen LogP contribution in [0, 0.1) is 0 Å². The van der Waals surface area contributed by atoms with Crippen LogP contribution in [0.25, 0.3) is 0 Å². The van der Waals surface area contributed by atoms with Crippen LogP contribution in [0.2, 0.25) is 0 Å². The van der Waals surface area contributed by atoms with Crippen molar-refractivity contribution in [2.24, 2.45) is 11.5 Å². The van der Waals surface area contributed by atoms with Gasteiger partial charge in [-0.15, -0.1) is 0 Å². The molecule has 13 heavy (non-hydrogen) atoms. The van der Waals surface area contributed by atoms with Crippen molar-refractivity contribution in [1.29, 1.82) is 0 Å². The van der Waals surface area contributed by atoms with Gasteiger partial charge in [0.2, 0.25) is 0 Å². The minimum atomic E-state index is -0.770. The SMILES string of the molecule is CC(=CN)C(=O)OC(=O)C(C)=CN. The summed E-state index contributed by atoms with van der Waals surface area (Å²) in [6.07, 6.45) is 2.13. The molecule has 0 spiro atoms. The number of rotatable bonds is 2. The summed E-state index contributed by atoms with van der Waals surface area (Å²) in [7, 11) is 0. The van der Waals surface area contributed by atoms with Gasteiger partial charge in [0.15, 0.2) is 0 Å². The number of ether oxygens (including phenoxy) is 1. The fourth-order valence-corrected chi connectivity index (χ4v) is 0.381. The Morgan fingerprint density at radius 3 is 1.54 bits per heavy atom. The zero-order valence-corrected chi connectivity index (χ0v) is 7.53. The van der Waals surface area contributed by atoms with E-state index in [9.17, 15) is 9.59 Å². The Bertz CT molecular complexity index is 251. The lowest BCUT2D eigenvalue weighted by Crippen LogP contribution is -2.15. The van der Waals surface area contributed by atoms with E-state index in [0.29, 0.717) is 0 Å². The fraction of sp³-hybridized carbons (Fsp3) is 0.250. The molecule has 0 bridgehead atoms. The van der Waals surface area contributed by atoms with Crippen LogP contribution in [0.15, 0.2) is 23.5 Å². The second kappa shape index (κ2) is 4.97. The summed E-state index contributed by atoms with van der Waals surface area (Å²) in [6.45, 7) is 2.88. The molecule has 0 fully saturated rings. The first-order chi connectivity index (χ1) is 6.02. The van der Waals surface area contributed by atoms with Crippen LogP contribution in [-0.2, 0) is 14.3 Å². The molecule has 72 valence electrons. The maximum Gasteiger partial charge on any atom is 0.343 e. The summed E-state index contributed by atoms with van der Waals surface area (Å²) in [4.78, 5) is 21.9. The average molecular weight is 184 g/mol. The lowest BCUT2D eigenvalue weighted by molar-refractivity contribution is -0.153. The van der Waals surface area contributed by atoms with Crippen molar-refractivity contribution >= 4 is 11.9 Å². The minimum absolute atomic E-state index is 0.165. The normalized spacial score (nSPS) is 12.5. The molecular formula is C8H12N2O3. The number of hydrogen-bond acceptors (Lipinski definition) is 5. The van der Waals surface area contributed by atoms with Gasteiger partial charge in [-0.2, -0.15) is 0 Å². The summed E-state index contributed by atoms with van der Waals surface area (Å²) in [5, 5.41) is 0. The lowest BCUT2D eigenvalue weighted by atomic mass is 10.3. The van der Waals surface area contributed by atoms with Crippen LogP contribution in [0.3, 0.4) is 0 Å². The van der Waals surface area contributed by atoms with E-state index in [4.69, 9.17) is 11.5 Å². The Morgan fingerprint density at radius 2 is 1.31 bits per heavy atom. The summed E-state index contributed by atoms with van der Waals surface area (Å²) >= 11 is 0. The largest absolute Gasteiger partial charge is 0.404 e. The van der Waals surface area contributed by atoms with Gasteiger partial charge >= 0.3 is 11.9 Å². The van der Waals surface area contributed by atoms with Crippen molar-refractivity contribution in [3.8, 4) is 0 Å². The molecule has 0 aliphatic heterocycles. The quantitative estimate of drug-likeness (QED) is 0.351. The maximum absolute atomic E-state index is 10.9. The first-order valence-corrected chi connectivity index (χ1v) is 3.56. The molecule has 5 nitrogen and oxygen atoms in total. The summed E-state index contributed by atoms with van der Waals surface area (Å²) in [6, 6.07) is 0. The average Bonchev–Trinajstić information content (AvgIpc) is 2.14. The van der Waals surface area contributed by atoms with Crippen LogP contribution in [0.4, 0.5) is 0 Å². The molecule has 0 aromatic heterocycles. The second-order valence-corrected chi connectivity index (χ2v) is 2.38. The van der Waals surface area contributed by atoms with Crippen LogP contribution in [-0.4, -0.2) is 11.9 Å². The Balaban J connectivity index is 4.32. The molecule has 0 atom stereocenters. The van der Waals surface area contributed by atoms with Gasteiger partial charge < -0.3 is 16.2 Å². The molecular weight excluding hydrogens is 172 g/mol. The Kier molecular flexibility index (Phi) is 4.29. The topological polar surface area (TPSA) is 95.4 Å². The molecule has 0 aliphatic rings. The van der Waals surface area contributed by atoms with Crippen molar-refractivity contribution in [3.05, 3.63) is 23.5 Å². The fourth-order valence-electron chi connectivity index (χ4n) is 0.381. The Morgan fingerprint density at radius 1 is 1.00 bits per heavy atom. The molecule has 0 aromatic rings. The molecule has 0 rings (SSSR count). The summed E-state index contributed by atoms with van der Waals surface area (Å²) in [5.74, 6) is -1.54. The van der Waals surface area contributed by atoms with Gasteiger partial charge in [0.25, 0.3) is 0 Å². The molecule has 0 radical (unpaired) electrons.